The topological polar surface area (TPSA) is 101 Å². The molecule has 1 unspecified atom stereocenters. The third-order valence-electron chi connectivity index (χ3n) is 4.34. The lowest BCUT2D eigenvalue weighted by molar-refractivity contribution is -0.120. The number of carbonyl (C=O) groups is 2. The second-order valence-corrected chi connectivity index (χ2v) is 6.25. The van der Waals surface area contributed by atoms with Crippen molar-refractivity contribution in [3.8, 4) is 0 Å². The van der Waals surface area contributed by atoms with Crippen molar-refractivity contribution in [2.24, 2.45) is 11.7 Å². The lowest BCUT2D eigenvalue weighted by atomic mass is 9.97. The Kier molecular flexibility index (Phi) is 4.92. The van der Waals surface area contributed by atoms with Crippen molar-refractivity contribution < 1.29 is 9.59 Å². The largest absolute Gasteiger partial charge is 0.366 e. The highest BCUT2D eigenvalue weighted by atomic mass is 16.2. The molecule has 1 saturated heterocycles. The van der Waals surface area contributed by atoms with Crippen LogP contribution in [0.4, 0.5) is 11.5 Å². The van der Waals surface area contributed by atoms with Crippen LogP contribution in [-0.4, -0.2) is 35.1 Å². The molecule has 3 rings (SSSR count). The molecule has 25 heavy (non-hydrogen) atoms. The summed E-state index contributed by atoms with van der Waals surface area (Å²) in [7, 11) is 0. The molecule has 2 aromatic rings. The Hall–Kier alpha value is -2.96. The number of primary amides is 1. The molecule has 1 aliphatic heterocycles. The summed E-state index contributed by atoms with van der Waals surface area (Å²) < 4.78 is 0. The predicted octanol–water partition coefficient (Wildman–Crippen LogP) is 1.74. The number of amides is 2. The van der Waals surface area contributed by atoms with Crippen molar-refractivity contribution in [3.05, 3.63) is 47.7 Å². The van der Waals surface area contributed by atoms with Crippen LogP contribution in [0.3, 0.4) is 0 Å². The number of hydrogen-bond donors (Lipinski definition) is 2. The maximum atomic E-state index is 12.6. The zero-order valence-electron chi connectivity index (χ0n) is 14.1. The molecule has 1 atom stereocenters. The van der Waals surface area contributed by atoms with Crippen LogP contribution in [0.5, 0.6) is 0 Å². The molecule has 2 amide bonds. The first-order valence-electron chi connectivity index (χ1n) is 8.29. The molecule has 0 bridgehead atoms. The van der Waals surface area contributed by atoms with Gasteiger partial charge in [0, 0.05) is 24.3 Å². The van der Waals surface area contributed by atoms with Crippen molar-refractivity contribution in [1.29, 1.82) is 0 Å². The molecule has 130 valence electrons. The fourth-order valence-corrected chi connectivity index (χ4v) is 2.92. The smallest absolute Gasteiger partial charge is 0.248 e. The van der Waals surface area contributed by atoms with Gasteiger partial charge in [-0.1, -0.05) is 0 Å². The number of rotatable bonds is 4. The van der Waals surface area contributed by atoms with Gasteiger partial charge in [0.05, 0.1) is 11.6 Å². The number of anilines is 2. The van der Waals surface area contributed by atoms with E-state index in [1.54, 1.807) is 24.3 Å². The minimum Gasteiger partial charge on any atom is -0.366 e. The fraction of sp³-hybridized carbons (Fsp3) is 0.333. The van der Waals surface area contributed by atoms with E-state index in [4.69, 9.17) is 5.73 Å². The second kappa shape index (κ2) is 7.29. The Morgan fingerprint density at radius 3 is 2.56 bits per heavy atom. The maximum absolute atomic E-state index is 12.6. The number of hydrogen-bond acceptors (Lipinski definition) is 5. The highest BCUT2D eigenvalue weighted by molar-refractivity contribution is 5.95. The molecule has 0 aliphatic carbocycles. The number of nitrogens with one attached hydrogen (secondary N) is 1. The third kappa shape index (κ3) is 4.12. The second-order valence-electron chi connectivity index (χ2n) is 6.25. The quantitative estimate of drug-likeness (QED) is 0.883. The van der Waals surface area contributed by atoms with Crippen molar-refractivity contribution in [2.75, 3.05) is 23.3 Å². The molecule has 0 spiro atoms. The molecular formula is C18H21N5O2. The van der Waals surface area contributed by atoms with E-state index in [2.05, 4.69) is 20.4 Å². The average molecular weight is 339 g/mol. The van der Waals surface area contributed by atoms with Crippen LogP contribution in [0, 0.1) is 12.8 Å². The molecule has 7 nitrogen and oxygen atoms in total. The van der Waals surface area contributed by atoms with Crippen LogP contribution in [-0.2, 0) is 4.79 Å². The Labute approximate surface area is 146 Å². The summed E-state index contributed by atoms with van der Waals surface area (Å²) in [5.41, 5.74) is 7.16. The number of piperidine rings is 1. The van der Waals surface area contributed by atoms with Crippen molar-refractivity contribution in [2.45, 2.75) is 19.8 Å². The summed E-state index contributed by atoms with van der Waals surface area (Å²) in [4.78, 5) is 25.7. The van der Waals surface area contributed by atoms with Crippen molar-refractivity contribution in [3.63, 3.8) is 0 Å². The SMILES string of the molecule is Cc1ccc(N2CCCC(C(=O)Nc3ccc(C(N)=O)cc3)C2)nn1. The van der Waals surface area contributed by atoms with Crippen LogP contribution in [0.1, 0.15) is 28.9 Å². The minimum absolute atomic E-state index is 0.0309. The van der Waals surface area contributed by atoms with Crippen molar-refractivity contribution in [1.82, 2.24) is 10.2 Å². The predicted molar refractivity (Wildman–Crippen MR) is 95.3 cm³/mol. The summed E-state index contributed by atoms with van der Waals surface area (Å²) in [5, 5.41) is 11.2. The molecule has 1 fully saturated rings. The number of nitrogens with zero attached hydrogens (tertiary/aromatic N) is 3. The summed E-state index contributed by atoms with van der Waals surface area (Å²) in [6, 6.07) is 10.4. The molecule has 0 saturated carbocycles. The number of aryl methyl sites for hydroxylation is 1. The van der Waals surface area contributed by atoms with E-state index < -0.39 is 5.91 Å². The first kappa shape index (κ1) is 16.9. The number of aromatic nitrogens is 2. The minimum atomic E-state index is -0.486. The van der Waals surface area contributed by atoms with Crippen LogP contribution in [0.2, 0.25) is 0 Å². The third-order valence-corrected chi connectivity index (χ3v) is 4.34. The fourth-order valence-electron chi connectivity index (χ4n) is 2.92. The zero-order valence-corrected chi connectivity index (χ0v) is 14.1. The Morgan fingerprint density at radius 2 is 1.92 bits per heavy atom. The molecular weight excluding hydrogens is 318 g/mol. The first-order valence-corrected chi connectivity index (χ1v) is 8.29. The molecule has 1 aromatic carbocycles. The number of nitrogens with two attached hydrogens (primary N) is 1. The summed E-state index contributed by atoms with van der Waals surface area (Å²) in [6.45, 7) is 3.38. The zero-order chi connectivity index (χ0) is 17.8. The molecule has 0 radical (unpaired) electrons. The molecule has 7 heteroatoms. The van der Waals surface area contributed by atoms with Gasteiger partial charge >= 0.3 is 0 Å². The Bertz CT molecular complexity index is 758. The van der Waals surface area contributed by atoms with Crippen LogP contribution in [0.15, 0.2) is 36.4 Å². The van der Waals surface area contributed by atoms with Gasteiger partial charge in [-0.2, -0.15) is 5.10 Å². The lowest BCUT2D eigenvalue weighted by Gasteiger charge is -2.32. The summed E-state index contributed by atoms with van der Waals surface area (Å²) in [5.74, 6) is 0.165. The molecule has 1 aromatic heterocycles. The van der Waals surface area contributed by atoms with E-state index in [0.717, 1.165) is 30.9 Å². The van der Waals surface area contributed by atoms with Gasteiger partial charge < -0.3 is 16.0 Å². The highest BCUT2D eigenvalue weighted by Crippen LogP contribution is 2.22. The van der Waals surface area contributed by atoms with Gasteiger partial charge in [0.25, 0.3) is 0 Å². The van der Waals surface area contributed by atoms with E-state index >= 15 is 0 Å². The van der Waals surface area contributed by atoms with Crippen LogP contribution >= 0.6 is 0 Å². The number of carbonyl (C=O) groups excluding carboxylic acids is 2. The molecule has 1 aliphatic rings. The number of benzene rings is 1. The van der Waals surface area contributed by atoms with E-state index in [9.17, 15) is 9.59 Å². The summed E-state index contributed by atoms with van der Waals surface area (Å²) >= 11 is 0. The van der Waals surface area contributed by atoms with Crippen molar-refractivity contribution >= 4 is 23.3 Å². The lowest BCUT2D eigenvalue weighted by Crippen LogP contribution is -2.41. The van der Waals surface area contributed by atoms with Gasteiger partial charge in [-0.15, -0.1) is 5.10 Å². The van der Waals surface area contributed by atoms with Crippen LogP contribution < -0.4 is 16.0 Å². The average Bonchev–Trinajstić information content (AvgIpc) is 2.63. The van der Waals surface area contributed by atoms with Gasteiger partial charge in [-0.3, -0.25) is 9.59 Å². The Balaban J connectivity index is 1.63. The van der Waals surface area contributed by atoms with E-state index in [1.165, 1.54) is 0 Å². The maximum Gasteiger partial charge on any atom is 0.248 e. The highest BCUT2D eigenvalue weighted by Gasteiger charge is 2.26. The standard InChI is InChI=1S/C18H21N5O2/c1-12-4-9-16(22-21-12)23-10-2-3-14(11-23)18(25)20-15-7-5-13(6-8-15)17(19)24/h4-9,14H,2-3,10-11H2,1H3,(H2,19,24)(H,20,25). The first-order chi connectivity index (χ1) is 12.0. The van der Waals surface area contributed by atoms with Gasteiger partial charge in [-0.25, -0.2) is 0 Å². The van der Waals surface area contributed by atoms with E-state index in [1.807, 2.05) is 19.1 Å². The van der Waals surface area contributed by atoms with Crippen LogP contribution in [0.25, 0.3) is 0 Å². The molecule has 2 heterocycles. The van der Waals surface area contributed by atoms with Gasteiger partial charge in [0.1, 0.15) is 0 Å². The van der Waals surface area contributed by atoms with Gasteiger partial charge in [0.2, 0.25) is 11.8 Å². The van der Waals surface area contributed by atoms with Gasteiger partial charge in [-0.05, 0) is 56.2 Å². The molecule has 3 N–H and O–H groups in total. The summed E-state index contributed by atoms with van der Waals surface area (Å²) in [6.07, 6.45) is 1.76. The van der Waals surface area contributed by atoms with E-state index in [0.29, 0.717) is 17.8 Å². The van der Waals surface area contributed by atoms with E-state index in [-0.39, 0.29) is 11.8 Å². The normalized spacial score (nSPS) is 17.2. The van der Waals surface area contributed by atoms with Gasteiger partial charge in [0.15, 0.2) is 5.82 Å². The Morgan fingerprint density at radius 1 is 1.16 bits per heavy atom. The monoisotopic (exact) mass is 339 g/mol.